The smallest absolute Gasteiger partial charge is 0.166 e. The summed E-state index contributed by atoms with van der Waals surface area (Å²) in [5.41, 5.74) is 0.484. The second-order valence-corrected chi connectivity index (χ2v) is 4.57. The van der Waals surface area contributed by atoms with Crippen molar-refractivity contribution in [2.75, 3.05) is 6.61 Å². The van der Waals surface area contributed by atoms with Crippen LogP contribution in [0.15, 0.2) is 12.1 Å². The van der Waals surface area contributed by atoms with Crippen LogP contribution in [0.3, 0.4) is 0 Å². The monoisotopic (exact) mass is 274 g/mol. The first-order valence-electron chi connectivity index (χ1n) is 5.75. The molecule has 94 valence electrons. The van der Waals surface area contributed by atoms with Crippen LogP contribution in [0, 0.1) is 0 Å². The normalized spacial score (nSPS) is 10.4. The van der Waals surface area contributed by atoms with Crippen LogP contribution in [-0.2, 0) is 0 Å². The molecule has 0 spiro atoms. The highest BCUT2D eigenvalue weighted by Crippen LogP contribution is 2.33. The largest absolute Gasteiger partial charge is 0.492 e. The Morgan fingerprint density at radius 2 is 2.00 bits per heavy atom. The molecule has 0 aliphatic rings. The van der Waals surface area contributed by atoms with Gasteiger partial charge >= 0.3 is 0 Å². The standard InChI is InChI=1S/C13H16Cl2O2/c1-3-5-6-12(16)10-7-9(14)8-11(15)13(10)17-4-2/h7-8H,3-6H2,1-2H3. The predicted molar refractivity (Wildman–Crippen MR) is 71.5 cm³/mol. The van der Waals surface area contributed by atoms with E-state index in [4.69, 9.17) is 27.9 Å². The van der Waals surface area contributed by atoms with Crippen LogP contribution in [0.2, 0.25) is 10.0 Å². The van der Waals surface area contributed by atoms with Gasteiger partial charge in [0, 0.05) is 11.4 Å². The molecule has 1 rings (SSSR count). The van der Waals surface area contributed by atoms with Crippen LogP contribution < -0.4 is 4.74 Å². The molecule has 2 nitrogen and oxygen atoms in total. The van der Waals surface area contributed by atoms with Gasteiger partial charge in [0.05, 0.1) is 17.2 Å². The van der Waals surface area contributed by atoms with E-state index in [0.717, 1.165) is 12.8 Å². The lowest BCUT2D eigenvalue weighted by Gasteiger charge is -2.11. The Bertz CT molecular complexity index is 403. The van der Waals surface area contributed by atoms with E-state index in [-0.39, 0.29) is 5.78 Å². The highest BCUT2D eigenvalue weighted by atomic mass is 35.5. The fourth-order valence-corrected chi connectivity index (χ4v) is 2.08. The summed E-state index contributed by atoms with van der Waals surface area (Å²) in [4.78, 5) is 12.0. The van der Waals surface area contributed by atoms with Gasteiger partial charge in [-0.05, 0) is 25.5 Å². The minimum absolute atomic E-state index is 0.0275. The Labute approximate surface area is 112 Å². The van der Waals surface area contributed by atoms with Crippen LogP contribution in [0.25, 0.3) is 0 Å². The number of halogens is 2. The minimum atomic E-state index is 0.0275. The highest BCUT2D eigenvalue weighted by molar-refractivity contribution is 6.36. The zero-order chi connectivity index (χ0) is 12.8. The van der Waals surface area contributed by atoms with Crippen molar-refractivity contribution in [3.05, 3.63) is 27.7 Å². The summed E-state index contributed by atoms with van der Waals surface area (Å²) in [6, 6.07) is 3.21. The van der Waals surface area contributed by atoms with Crippen LogP contribution in [0.1, 0.15) is 43.5 Å². The van der Waals surface area contributed by atoms with Gasteiger partial charge < -0.3 is 4.74 Å². The number of Topliss-reactive ketones (excluding diaryl/α,β-unsaturated/α-hetero) is 1. The number of carbonyl (C=O) groups is 1. The van der Waals surface area contributed by atoms with Gasteiger partial charge in [-0.15, -0.1) is 0 Å². The number of benzene rings is 1. The van der Waals surface area contributed by atoms with Gasteiger partial charge in [0.2, 0.25) is 0 Å². The summed E-state index contributed by atoms with van der Waals surface area (Å²) < 4.78 is 5.41. The average molecular weight is 275 g/mol. The van der Waals surface area contributed by atoms with Crippen LogP contribution in [0.4, 0.5) is 0 Å². The number of ether oxygens (including phenoxy) is 1. The molecule has 0 radical (unpaired) electrons. The summed E-state index contributed by atoms with van der Waals surface area (Å²) in [6.07, 6.45) is 2.33. The Balaban J connectivity index is 3.06. The summed E-state index contributed by atoms with van der Waals surface area (Å²) in [5, 5.41) is 0.845. The van der Waals surface area contributed by atoms with Crippen LogP contribution in [-0.4, -0.2) is 12.4 Å². The van der Waals surface area contributed by atoms with Gasteiger partial charge in [-0.25, -0.2) is 0 Å². The molecule has 0 aliphatic carbocycles. The van der Waals surface area contributed by atoms with Gasteiger partial charge in [0.25, 0.3) is 0 Å². The molecular formula is C13H16Cl2O2. The Hall–Kier alpha value is -0.730. The van der Waals surface area contributed by atoms with Gasteiger partial charge in [-0.2, -0.15) is 0 Å². The third-order valence-corrected chi connectivity index (χ3v) is 2.85. The molecule has 0 saturated carbocycles. The number of hydrogen-bond donors (Lipinski definition) is 0. The Morgan fingerprint density at radius 1 is 1.29 bits per heavy atom. The fourth-order valence-electron chi connectivity index (χ4n) is 1.53. The number of carbonyl (C=O) groups excluding carboxylic acids is 1. The third kappa shape index (κ3) is 3.90. The van der Waals surface area contributed by atoms with Crippen molar-refractivity contribution >= 4 is 29.0 Å². The molecule has 0 fully saturated rings. The van der Waals surface area contributed by atoms with E-state index in [0.29, 0.717) is 34.4 Å². The predicted octanol–water partition coefficient (Wildman–Crippen LogP) is 4.77. The average Bonchev–Trinajstić information content (AvgIpc) is 2.29. The van der Waals surface area contributed by atoms with Crippen molar-refractivity contribution in [2.24, 2.45) is 0 Å². The number of hydrogen-bond acceptors (Lipinski definition) is 2. The van der Waals surface area contributed by atoms with E-state index >= 15 is 0 Å². The minimum Gasteiger partial charge on any atom is -0.492 e. The fraction of sp³-hybridized carbons (Fsp3) is 0.462. The van der Waals surface area contributed by atoms with Crippen LogP contribution in [0.5, 0.6) is 5.75 Å². The van der Waals surface area contributed by atoms with E-state index in [9.17, 15) is 4.79 Å². The van der Waals surface area contributed by atoms with E-state index in [2.05, 4.69) is 0 Å². The van der Waals surface area contributed by atoms with Gasteiger partial charge in [0.1, 0.15) is 5.75 Å². The lowest BCUT2D eigenvalue weighted by molar-refractivity contribution is 0.0976. The lowest BCUT2D eigenvalue weighted by atomic mass is 10.0. The summed E-state index contributed by atoms with van der Waals surface area (Å²) >= 11 is 11.9. The summed E-state index contributed by atoms with van der Waals surface area (Å²) in [7, 11) is 0. The molecule has 0 heterocycles. The van der Waals surface area contributed by atoms with Crippen molar-refractivity contribution in [3.8, 4) is 5.75 Å². The molecular weight excluding hydrogens is 259 g/mol. The zero-order valence-electron chi connectivity index (χ0n) is 10.1. The highest BCUT2D eigenvalue weighted by Gasteiger charge is 2.16. The third-order valence-electron chi connectivity index (χ3n) is 2.35. The van der Waals surface area contributed by atoms with E-state index in [1.165, 1.54) is 0 Å². The number of ketones is 1. The molecule has 1 aromatic rings. The SMILES string of the molecule is CCCCC(=O)c1cc(Cl)cc(Cl)c1OCC. The van der Waals surface area contributed by atoms with E-state index in [1.807, 2.05) is 13.8 Å². The van der Waals surface area contributed by atoms with Gasteiger partial charge in [0.15, 0.2) is 5.78 Å². The Morgan fingerprint density at radius 3 is 2.59 bits per heavy atom. The number of unbranched alkanes of at least 4 members (excludes halogenated alkanes) is 1. The van der Waals surface area contributed by atoms with Crippen molar-refractivity contribution in [3.63, 3.8) is 0 Å². The van der Waals surface area contributed by atoms with E-state index < -0.39 is 0 Å². The second-order valence-electron chi connectivity index (χ2n) is 3.72. The molecule has 0 saturated heterocycles. The Kier molecular flexibility index (Phi) is 5.79. The van der Waals surface area contributed by atoms with E-state index in [1.54, 1.807) is 12.1 Å². The first-order chi connectivity index (χ1) is 8.10. The molecule has 0 aliphatic heterocycles. The number of rotatable bonds is 6. The first kappa shape index (κ1) is 14.3. The maximum absolute atomic E-state index is 12.0. The lowest BCUT2D eigenvalue weighted by Crippen LogP contribution is -2.04. The van der Waals surface area contributed by atoms with Crippen molar-refractivity contribution in [1.82, 2.24) is 0 Å². The quantitative estimate of drug-likeness (QED) is 0.699. The molecule has 0 amide bonds. The van der Waals surface area contributed by atoms with Gasteiger partial charge in [-0.1, -0.05) is 36.5 Å². The van der Waals surface area contributed by atoms with Gasteiger partial charge in [-0.3, -0.25) is 4.79 Å². The maximum atomic E-state index is 12.0. The molecule has 1 aromatic carbocycles. The van der Waals surface area contributed by atoms with Crippen molar-refractivity contribution in [2.45, 2.75) is 33.1 Å². The molecule has 0 unspecified atom stereocenters. The molecule has 0 aromatic heterocycles. The molecule has 17 heavy (non-hydrogen) atoms. The summed E-state index contributed by atoms with van der Waals surface area (Å²) in [5.74, 6) is 0.472. The topological polar surface area (TPSA) is 26.3 Å². The zero-order valence-corrected chi connectivity index (χ0v) is 11.6. The molecule has 0 bridgehead atoms. The molecule has 0 atom stereocenters. The van der Waals surface area contributed by atoms with Crippen molar-refractivity contribution < 1.29 is 9.53 Å². The molecule has 4 heteroatoms. The second kappa shape index (κ2) is 6.87. The molecule has 0 N–H and O–H groups in total. The maximum Gasteiger partial charge on any atom is 0.166 e. The van der Waals surface area contributed by atoms with Crippen LogP contribution >= 0.6 is 23.2 Å². The van der Waals surface area contributed by atoms with Crippen molar-refractivity contribution in [1.29, 1.82) is 0 Å². The summed E-state index contributed by atoms with van der Waals surface area (Å²) in [6.45, 7) is 4.36. The first-order valence-corrected chi connectivity index (χ1v) is 6.50.